The molecule has 5 unspecified atom stereocenters. The van der Waals surface area contributed by atoms with Crippen molar-refractivity contribution in [2.45, 2.75) is 83.8 Å². The average molecular weight is 539 g/mol. The predicted molar refractivity (Wildman–Crippen MR) is 147 cm³/mol. The number of carbonyl (C=O) groups excluding carboxylic acids is 2. The number of aliphatic hydroxyl groups excluding tert-OH is 1. The van der Waals surface area contributed by atoms with Crippen molar-refractivity contribution in [2.24, 2.45) is 33.7 Å². The molecule has 1 aromatic rings. The molecule has 0 radical (unpaired) electrons. The van der Waals surface area contributed by atoms with E-state index in [0.717, 1.165) is 49.8 Å². The standard InChI is InChI=1S/C31H42N2O6/c1-30-14-12-21(17-20(30)6-9-23-24-10-11-27(35)31(24,2)15-13-25(23)30)33-39-18-28(36)32-26(29(37)38-3)16-19-4-7-22(34)8-5-19/h4-5,7-8,17,23-27,34-35H,6,9-16,18H2,1-3H3,(H,32,36)/t23?,24?,25?,26?,27?,30-,31-/m0/s1. The van der Waals surface area contributed by atoms with Gasteiger partial charge in [0, 0.05) is 6.42 Å². The number of oxime groups is 1. The van der Waals surface area contributed by atoms with Crippen LogP contribution in [0.1, 0.15) is 70.8 Å². The van der Waals surface area contributed by atoms with Crippen LogP contribution in [0.3, 0.4) is 0 Å². The molecule has 0 aliphatic heterocycles. The van der Waals surface area contributed by atoms with Crippen LogP contribution in [0, 0.1) is 28.6 Å². The molecule has 8 nitrogen and oxygen atoms in total. The summed E-state index contributed by atoms with van der Waals surface area (Å²) >= 11 is 0. The van der Waals surface area contributed by atoms with Gasteiger partial charge in [-0.05, 0) is 104 Å². The van der Waals surface area contributed by atoms with Crippen LogP contribution < -0.4 is 5.32 Å². The van der Waals surface area contributed by atoms with Gasteiger partial charge in [0.05, 0.1) is 18.9 Å². The van der Waals surface area contributed by atoms with E-state index in [1.807, 2.05) is 0 Å². The summed E-state index contributed by atoms with van der Waals surface area (Å²) in [6, 6.07) is 5.59. The van der Waals surface area contributed by atoms with E-state index < -0.39 is 17.9 Å². The van der Waals surface area contributed by atoms with Crippen molar-refractivity contribution in [3.63, 3.8) is 0 Å². The molecule has 1 aromatic carbocycles. The SMILES string of the molecule is COC(=O)C(Cc1ccc(O)cc1)NC(=O)CON=C1C=C2CCC3C4CCC(O)[C@@]4(C)CCC3[C@@]2(C)CC1. The number of rotatable bonds is 7. The number of fused-ring (bicyclic) bond motifs is 5. The maximum atomic E-state index is 12.5. The number of methoxy groups -OCH3 is 1. The fourth-order valence-corrected chi connectivity index (χ4v) is 8.23. The Morgan fingerprint density at radius 1 is 1.08 bits per heavy atom. The molecular formula is C31H42N2O6. The Kier molecular flexibility index (Phi) is 7.77. The van der Waals surface area contributed by atoms with Gasteiger partial charge in [-0.2, -0.15) is 0 Å². The lowest BCUT2D eigenvalue weighted by atomic mass is 9.47. The third-order valence-corrected chi connectivity index (χ3v) is 10.5. The van der Waals surface area contributed by atoms with Crippen molar-refractivity contribution in [1.82, 2.24) is 5.32 Å². The highest BCUT2D eigenvalue weighted by Gasteiger charge is 2.58. The number of esters is 1. The van der Waals surface area contributed by atoms with E-state index in [-0.39, 0.29) is 35.7 Å². The molecule has 0 bridgehead atoms. The number of aliphatic hydroxyl groups is 1. The summed E-state index contributed by atoms with van der Waals surface area (Å²) in [5.41, 5.74) is 3.34. The minimum absolute atomic E-state index is 0.0887. The summed E-state index contributed by atoms with van der Waals surface area (Å²) in [6.45, 7) is 4.45. The molecule has 7 atom stereocenters. The van der Waals surface area contributed by atoms with Crippen LogP contribution in [0.4, 0.5) is 0 Å². The number of phenols is 1. The monoisotopic (exact) mass is 538 g/mol. The van der Waals surface area contributed by atoms with Crippen LogP contribution >= 0.6 is 0 Å². The summed E-state index contributed by atoms with van der Waals surface area (Å²) in [6.07, 6.45) is 10.7. The zero-order valence-corrected chi connectivity index (χ0v) is 23.3. The largest absolute Gasteiger partial charge is 0.508 e. The second-order valence-electron chi connectivity index (χ2n) is 12.5. The lowest BCUT2D eigenvalue weighted by Gasteiger charge is -2.57. The molecule has 4 aliphatic carbocycles. The summed E-state index contributed by atoms with van der Waals surface area (Å²) in [4.78, 5) is 30.2. The number of nitrogens with one attached hydrogen (secondary N) is 1. The normalized spacial score (nSPS) is 35.2. The van der Waals surface area contributed by atoms with Gasteiger partial charge in [-0.15, -0.1) is 0 Å². The van der Waals surface area contributed by atoms with E-state index in [4.69, 9.17) is 9.57 Å². The van der Waals surface area contributed by atoms with Gasteiger partial charge in [-0.25, -0.2) is 4.79 Å². The average Bonchev–Trinajstić information content (AvgIpc) is 3.23. The Hall–Kier alpha value is -2.87. The second-order valence-corrected chi connectivity index (χ2v) is 12.5. The molecule has 212 valence electrons. The number of aromatic hydroxyl groups is 1. The van der Waals surface area contributed by atoms with Crippen molar-refractivity contribution >= 4 is 17.6 Å². The molecule has 4 aliphatic rings. The number of benzene rings is 1. The lowest BCUT2D eigenvalue weighted by molar-refractivity contribution is -0.145. The van der Waals surface area contributed by atoms with E-state index in [0.29, 0.717) is 17.8 Å². The maximum absolute atomic E-state index is 12.5. The van der Waals surface area contributed by atoms with Crippen molar-refractivity contribution < 1.29 is 29.4 Å². The molecule has 0 heterocycles. The van der Waals surface area contributed by atoms with Crippen LogP contribution in [0.25, 0.3) is 0 Å². The number of amides is 1. The topological polar surface area (TPSA) is 117 Å². The molecule has 3 fully saturated rings. The van der Waals surface area contributed by atoms with E-state index in [2.05, 4.69) is 30.4 Å². The first kappa shape index (κ1) is 27.7. The van der Waals surface area contributed by atoms with E-state index in [1.165, 1.54) is 37.7 Å². The van der Waals surface area contributed by atoms with Gasteiger partial charge in [0.2, 0.25) is 0 Å². The fraction of sp³-hybridized carbons (Fsp3) is 0.645. The molecule has 0 aromatic heterocycles. The minimum atomic E-state index is -0.866. The number of ether oxygens (including phenoxy) is 1. The Morgan fingerprint density at radius 3 is 2.59 bits per heavy atom. The van der Waals surface area contributed by atoms with Crippen molar-refractivity contribution in [1.29, 1.82) is 0 Å². The summed E-state index contributed by atoms with van der Waals surface area (Å²) in [5, 5.41) is 27.1. The maximum Gasteiger partial charge on any atom is 0.328 e. The van der Waals surface area contributed by atoms with Gasteiger partial charge in [-0.1, -0.05) is 36.7 Å². The van der Waals surface area contributed by atoms with Gasteiger partial charge >= 0.3 is 5.97 Å². The van der Waals surface area contributed by atoms with Crippen LogP contribution in [-0.4, -0.2) is 53.7 Å². The molecule has 8 heteroatoms. The van der Waals surface area contributed by atoms with Crippen molar-refractivity contribution in [3.8, 4) is 5.75 Å². The van der Waals surface area contributed by atoms with E-state index in [9.17, 15) is 19.8 Å². The number of hydrogen-bond donors (Lipinski definition) is 3. The highest BCUT2D eigenvalue weighted by molar-refractivity contribution is 5.96. The van der Waals surface area contributed by atoms with Gasteiger partial charge in [0.1, 0.15) is 11.8 Å². The van der Waals surface area contributed by atoms with Gasteiger partial charge in [0.25, 0.3) is 5.91 Å². The number of hydrogen-bond acceptors (Lipinski definition) is 7. The first-order chi connectivity index (χ1) is 18.6. The first-order valence-electron chi connectivity index (χ1n) is 14.4. The summed E-state index contributed by atoms with van der Waals surface area (Å²) in [5.74, 6) is 1.09. The van der Waals surface area contributed by atoms with Crippen molar-refractivity contribution in [3.05, 3.63) is 41.5 Å². The third-order valence-electron chi connectivity index (χ3n) is 10.5. The number of nitrogens with zero attached hydrogens (tertiary/aromatic N) is 1. The fourth-order valence-electron chi connectivity index (χ4n) is 8.23. The minimum Gasteiger partial charge on any atom is -0.508 e. The zero-order valence-electron chi connectivity index (χ0n) is 23.3. The summed E-state index contributed by atoms with van der Waals surface area (Å²) in [7, 11) is 1.28. The highest BCUT2D eigenvalue weighted by Crippen LogP contribution is 2.65. The number of allylic oxidation sites excluding steroid dienone is 2. The van der Waals surface area contributed by atoms with E-state index in [1.54, 1.807) is 12.1 Å². The molecular weight excluding hydrogens is 496 g/mol. The van der Waals surface area contributed by atoms with Crippen LogP contribution in [0.2, 0.25) is 0 Å². The Morgan fingerprint density at radius 2 is 1.85 bits per heavy atom. The Labute approximate surface area is 230 Å². The predicted octanol–water partition coefficient (Wildman–Crippen LogP) is 4.29. The van der Waals surface area contributed by atoms with Crippen molar-refractivity contribution in [2.75, 3.05) is 13.7 Å². The molecule has 3 N–H and O–H groups in total. The van der Waals surface area contributed by atoms with Gasteiger partial charge in [0.15, 0.2) is 6.61 Å². The van der Waals surface area contributed by atoms with Crippen LogP contribution in [0.15, 0.2) is 41.1 Å². The smallest absolute Gasteiger partial charge is 0.328 e. The third kappa shape index (κ3) is 5.32. The van der Waals surface area contributed by atoms with Gasteiger partial charge in [-0.3, -0.25) is 4.79 Å². The van der Waals surface area contributed by atoms with Crippen LogP contribution in [-0.2, 0) is 25.6 Å². The zero-order chi connectivity index (χ0) is 27.8. The molecule has 0 spiro atoms. The number of phenolic OH excluding ortho intramolecular Hbond substituents is 1. The number of carbonyl (C=O) groups is 2. The molecule has 1 amide bonds. The van der Waals surface area contributed by atoms with Crippen LogP contribution in [0.5, 0.6) is 5.75 Å². The summed E-state index contributed by atoms with van der Waals surface area (Å²) < 4.78 is 4.85. The molecule has 39 heavy (non-hydrogen) atoms. The highest BCUT2D eigenvalue weighted by atomic mass is 16.6. The Bertz CT molecular complexity index is 1150. The molecule has 5 rings (SSSR count). The first-order valence-corrected chi connectivity index (χ1v) is 14.4. The molecule has 0 saturated heterocycles. The lowest BCUT2D eigenvalue weighted by Crippen LogP contribution is -2.51. The Balaban J connectivity index is 1.18. The quantitative estimate of drug-likeness (QED) is 0.352. The molecule has 3 saturated carbocycles. The van der Waals surface area contributed by atoms with Gasteiger partial charge < -0.3 is 25.1 Å². The van der Waals surface area contributed by atoms with E-state index >= 15 is 0 Å². The second kappa shape index (κ2) is 11.0.